The van der Waals surface area contributed by atoms with Crippen LogP contribution >= 0.6 is 0 Å². The average Bonchev–Trinajstić information content (AvgIpc) is 2.73. The van der Waals surface area contributed by atoms with E-state index in [1.807, 2.05) is 4.90 Å². The number of rotatable bonds is 6. The van der Waals surface area contributed by atoms with Gasteiger partial charge >= 0.3 is 6.18 Å². The standard InChI is InChI=1S/C20H23F3N2O4S/c1-28-17-6-7-18(29-2)19(13-17)30(26,27)25-10-8-24(9-11-25)14-15-4-3-5-16(12-15)20(21,22)23/h3-7,12-13H,8-11,14H2,1-2H3. The van der Waals surface area contributed by atoms with Crippen molar-refractivity contribution in [2.45, 2.75) is 17.6 Å². The summed E-state index contributed by atoms with van der Waals surface area (Å²) < 4.78 is 76.6. The highest BCUT2D eigenvalue weighted by Crippen LogP contribution is 2.32. The second-order valence-corrected chi connectivity index (χ2v) is 8.80. The van der Waals surface area contributed by atoms with Crippen LogP contribution in [0, 0.1) is 0 Å². The van der Waals surface area contributed by atoms with Gasteiger partial charge in [-0.05, 0) is 23.8 Å². The molecule has 0 saturated carbocycles. The highest BCUT2D eigenvalue weighted by Gasteiger charge is 2.32. The van der Waals surface area contributed by atoms with Gasteiger partial charge in [-0.25, -0.2) is 8.42 Å². The Bertz CT molecular complexity index is 988. The van der Waals surface area contributed by atoms with Crippen molar-refractivity contribution in [1.82, 2.24) is 9.21 Å². The lowest BCUT2D eigenvalue weighted by molar-refractivity contribution is -0.137. The molecule has 0 spiro atoms. The van der Waals surface area contributed by atoms with E-state index in [1.165, 1.54) is 36.7 Å². The minimum atomic E-state index is -4.39. The van der Waals surface area contributed by atoms with Gasteiger partial charge in [0.25, 0.3) is 0 Å². The predicted molar refractivity (Wildman–Crippen MR) is 105 cm³/mol. The summed E-state index contributed by atoms with van der Waals surface area (Å²) in [5, 5.41) is 0. The van der Waals surface area contributed by atoms with Gasteiger partial charge in [0, 0.05) is 38.8 Å². The average molecular weight is 444 g/mol. The van der Waals surface area contributed by atoms with Crippen molar-refractivity contribution in [3.05, 3.63) is 53.6 Å². The van der Waals surface area contributed by atoms with Gasteiger partial charge in [-0.2, -0.15) is 17.5 Å². The van der Waals surface area contributed by atoms with Crippen LogP contribution in [0.15, 0.2) is 47.4 Å². The van der Waals surface area contributed by atoms with Crippen LogP contribution in [0.5, 0.6) is 11.5 Å². The first-order valence-electron chi connectivity index (χ1n) is 9.26. The number of sulfonamides is 1. The molecule has 0 unspecified atom stereocenters. The molecule has 0 aromatic heterocycles. The Balaban J connectivity index is 1.70. The van der Waals surface area contributed by atoms with Crippen LogP contribution in [0.2, 0.25) is 0 Å². The molecule has 1 saturated heterocycles. The van der Waals surface area contributed by atoms with E-state index < -0.39 is 21.8 Å². The van der Waals surface area contributed by atoms with Crippen molar-refractivity contribution in [2.24, 2.45) is 0 Å². The zero-order valence-corrected chi connectivity index (χ0v) is 17.5. The number of methoxy groups -OCH3 is 2. The molecule has 0 N–H and O–H groups in total. The summed E-state index contributed by atoms with van der Waals surface area (Å²) in [5.41, 5.74) is -0.151. The molecule has 0 atom stereocenters. The van der Waals surface area contributed by atoms with Crippen LogP contribution in [0.4, 0.5) is 13.2 Å². The molecule has 1 aliphatic heterocycles. The molecule has 1 fully saturated rings. The van der Waals surface area contributed by atoms with E-state index in [9.17, 15) is 21.6 Å². The zero-order valence-electron chi connectivity index (χ0n) is 16.6. The van der Waals surface area contributed by atoms with Crippen LogP contribution in [-0.2, 0) is 22.7 Å². The molecule has 10 heteroatoms. The largest absolute Gasteiger partial charge is 0.497 e. The number of nitrogens with zero attached hydrogens (tertiary/aromatic N) is 2. The van der Waals surface area contributed by atoms with Gasteiger partial charge in [0.2, 0.25) is 10.0 Å². The van der Waals surface area contributed by atoms with Gasteiger partial charge < -0.3 is 9.47 Å². The lowest BCUT2D eigenvalue weighted by Gasteiger charge is -2.34. The molecule has 6 nitrogen and oxygen atoms in total. The van der Waals surface area contributed by atoms with Crippen molar-refractivity contribution in [2.75, 3.05) is 40.4 Å². The van der Waals surface area contributed by atoms with Crippen molar-refractivity contribution < 1.29 is 31.1 Å². The smallest absolute Gasteiger partial charge is 0.416 e. The van der Waals surface area contributed by atoms with Crippen molar-refractivity contribution in [3.8, 4) is 11.5 Å². The van der Waals surface area contributed by atoms with Gasteiger partial charge in [-0.1, -0.05) is 18.2 Å². The predicted octanol–water partition coefficient (Wildman–Crippen LogP) is 3.23. The molecule has 0 aliphatic carbocycles. The second-order valence-electron chi connectivity index (χ2n) is 6.90. The Morgan fingerprint density at radius 3 is 2.27 bits per heavy atom. The van der Waals surface area contributed by atoms with E-state index in [1.54, 1.807) is 12.1 Å². The molecule has 2 aromatic carbocycles. The number of hydrogen-bond acceptors (Lipinski definition) is 5. The molecule has 1 heterocycles. The van der Waals surface area contributed by atoms with Crippen molar-refractivity contribution in [1.29, 1.82) is 0 Å². The summed E-state index contributed by atoms with van der Waals surface area (Å²) in [6, 6.07) is 9.76. The quantitative estimate of drug-likeness (QED) is 0.685. The van der Waals surface area contributed by atoms with E-state index in [2.05, 4.69) is 0 Å². The van der Waals surface area contributed by atoms with Gasteiger partial charge in [0.1, 0.15) is 16.4 Å². The molecule has 30 heavy (non-hydrogen) atoms. The SMILES string of the molecule is COc1ccc(OC)c(S(=O)(=O)N2CCN(Cc3cccc(C(F)(F)F)c3)CC2)c1. The van der Waals surface area contributed by atoms with E-state index in [0.717, 1.165) is 12.1 Å². The number of benzene rings is 2. The highest BCUT2D eigenvalue weighted by atomic mass is 32.2. The first kappa shape index (κ1) is 22.4. The Morgan fingerprint density at radius 2 is 1.67 bits per heavy atom. The summed E-state index contributed by atoms with van der Waals surface area (Å²) in [6.07, 6.45) is -4.39. The molecular formula is C20H23F3N2O4S. The first-order valence-corrected chi connectivity index (χ1v) is 10.7. The number of hydrogen-bond donors (Lipinski definition) is 0. The third-order valence-corrected chi connectivity index (χ3v) is 6.90. The highest BCUT2D eigenvalue weighted by molar-refractivity contribution is 7.89. The number of piperazine rings is 1. The van der Waals surface area contributed by atoms with Crippen molar-refractivity contribution >= 4 is 10.0 Å². The molecule has 2 aromatic rings. The van der Waals surface area contributed by atoms with Crippen LogP contribution < -0.4 is 9.47 Å². The molecule has 164 valence electrons. The number of alkyl halides is 3. The Hall–Kier alpha value is -2.30. The topological polar surface area (TPSA) is 59.1 Å². The maximum absolute atomic E-state index is 13.1. The molecular weight excluding hydrogens is 421 g/mol. The lowest BCUT2D eigenvalue weighted by atomic mass is 10.1. The summed E-state index contributed by atoms with van der Waals surface area (Å²) >= 11 is 0. The van der Waals surface area contributed by atoms with Gasteiger partial charge in [0.15, 0.2) is 0 Å². The van der Waals surface area contributed by atoms with Gasteiger partial charge in [-0.3, -0.25) is 4.90 Å². The van der Waals surface area contributed by atoms with E-state index in [4.69, 9.17) is 9.47 Å². The van der Waals surface area contributed by atoms with Crippen molar-refractivity contribution in [3.63, 3.8) is 0 Å². The monoisotopic (exact) mass is 444 g/mol. The van der Waals surface area contributed by atoms with Crippen LogP contribution in [0.1, 0.15) is 11.1 Å². The fraction of sp³-hybridized carbons (Fsp3) is 0.400. The van der Waals surface area contributed by atoms with E-state index in [0.29, 0.717) is 30.9 Å². The Kier molecular flexibility index (Phi) is 6.59. The molecule has 0 bridgehead atoms. The van der Waals surface area contributed by atoms with Gasteiger partial charge in [0.05, 0.1) is 19.8 Å². The van der Waals surface area contributed by atoms with Crippen LogP contribution in [0.25, 0.3) is 0 Å². The summed E-state index contributed by atoms with van der Waals surface area (Å²) in [5.74, 6) is 0.625. The zero-order chi connectivity index (χ0) is 21.9. The van der Waals surface area contributed by atoms with Crippen LogP contribution in [-0.4, -0.2) is 58.0 Å². The Labute approximate surface area is 173 Å². The third-order valence-electron chi connectivity index (χ3n) is 4.98. The fourth-order valence-electron chi connectivity index (χ4n) is 3.36. The maximum atomic E-state index is 13.1. The summed E-state index contributed by atoms with van der Waals surface area (Å²) in [4.78, 5) is 1.96. The first-order chi connectivity index (χ1) is 14.1. The minimum absolute atomic E-state index is 0.0238. The van der Waals surface area contributed by atoms with Gasteiger partial charge in [-0.15, -0.1) is 0 Å². The molecule has 1 aliphatic rings. The van der Waals surface area contributed by atoms with E-state index >= 15 is 0 Å². The lowest BCUT2D eigenvalue weighted by Crippen LogP contribution is -2.48. The normalized spacial score (nSPS) is 16.4. The number of ether oxygens (including phenoxy) is 2. The number of halogens is 3. The maximum Gasteiger partial charge on any atom is 0.416 e. The van der Waals surface area contributed by atoms with E-state index in [-0.39, 0.29) is 23.7 Å². The second kappa shape index (κ2) is 8.83. The molecule has 0 amide bonds. The molecule has 3 rings (SSSR count). The summed E-state index contributed by atoms with van der Waals surface area (Å²) in [6.45, 7) is 1.58. The molecule has 0 radical (unpaired) electrons. The summed E-state index contributed by atoms with van der Waals surface area (Å²) in [7, 11) is -0.961. The fourth-order valence-corrected chi connectivity index (χ4v) is 4.95. The third kappa shape index (κ3) is 4.88. The minimum Gasteiger partial charge on any atom is -0.497 e. The van der Waals surface area contributed by atoms with Crippen LogP contribution in [0.3, 0.4) is 0 Å². The Morgan fingerprint density at radius 1 is 0.967 bits per heavy atom.